The second kappa shape index (κ2) is 4.78. The number of hydrogen-bond acceptors (Lipinski definition) is 2. The Morgan fingerprint density at radius 1 is 1.14 bits per heavy atom. The largest absolute Gasteiger partial charge is 0.310 e. The molecule has 1 N–H and O–H groups in total. The number of benzene rings is 2. The van der Waals surface area contributed by atoms with Crippen molar-refractivity contribution in [1.82, 2.24) is 5.32 Å². The highest BCUT2D eigenvalue weighted by molar-refractivity contribution is 5.83. The van der Waals surface area contributed by atoms with Gasteiger partial charge in [-0.2, -0.15) is 0 Å². The Morgan fingerprint density at radius 2 is 1.95 bits per heavy atom. The number of nitrogens with zero attached hydrogens (tertiary/aromatic N) is 1. The standard InChI is InChI=1S/C18H17FN2/c1-11-8-16-14-6-7-20-18(14)9-15(17(16)10-21-11)12-2-4-13(19)5-3-12/h2-5,7,9,11,21H,6,8,10H2,1H3. The summed E-state index contributed by atoms with van der Waals surface area (Å²) >= 11 is 0. The maximum Gasteiger partial charge on any atom is 0.123 e. The van der Waals surface area contributed by atoms with Crippen LogP contribution < -0.4 is 5.32 Å². The minimum atomic E-state index is -0.196. The van der Waals surface area contributed by atoms with Crippen molar-refractivity contribution in [3.8, 4) is 11.1 Å². The lowest BCUT2D eigenvalue weighted by Crippen LogP contribution is -2.33. The highest BCUT2D eigenvalue weighted by Gasteiger charge is 2.24. The molecular weight excluding hydrogens is 263 g/mol. The molecule has 0 spiro atoms. The molecule has 0 aromatic heterocycles. The Balaban J connectivity index is 1.93. The topological polar surface area (TPSA) is 24.4 Å². The van der Waals surface area contributed by atoms with Crippen molar-refractivity contribution in [2.24, 2.45) is 4.99 Å². The zero-order valence-electron chi connectivity index (χ0n) is 12.0. The van der Waals surface area contributed by atoms with Crippen LogP contribution in [0, 0.1) is 5.82 Å². The van der Waals surface area contributed by atoms with E-state index in [9.17, 15) is 4.39 Å². The van der Waals surface area contributed by atoms with E-state index in [1.54, 1.807) is 0 Å². The lowest BCUT2D eigenvalue weighted by atomic mass is 9.85. The Kier molecular flexibility index (Phi) is 2.89. The van der Waals surface area contributed by atoms with Crippen molar-refractivity contribution in [3.63, 3.8) is 0 Å². The number of fused-ring (bicyclic) bond motifs is 3. The van der Waals surface area contributed by atoms with Gasteiger partial charge in [0.25, 0.3) is 0 Å². The van der Waals surface area contributed by atoms with Gasteiger partial charge < -0.3 is 5.32 Å². The fraction of sp³-hybridized carbons (Fsp3) is 0.278. The third-order valence-corrected chi connectivity index (χ3v) is 4.46. The van der Waals surface area contributed by atoms with Gasteiger partial charge >= 0.3 is 0 Å². The molecule has 0 bridgehead atoms. The van der Waals surface area contributed by atoms with Crippen molar-refractivity contribution >= 4 is 11.9 Å². The summed E-state index contributed by atoms with van der Waals surface area (Å²) in [5, 5.41) is 3.54. The van der Waals surface area contributed by atoms with Gasteiger partial charge in [0.15, 0.2) is 0 Å². The fourth-order valence-electron chi connectivity index (χ4n) is 3.38. The highest BCUT2D eigenvalue weighted by Crippen LogP contribution is 2.39. The molecule has 1 unspecified atom stereocenters. The van der Waals surface area contributed by atoms with Gasteiger partial charge in [-0.15, -0.1) is 0 Å². The van der Waals surface area contributed by atoms with E-state index in [2.05, 4.69) is 23.3 Å². The van der Waals surface area contributed by atoms with Crippen LogP contribution >= 0.6 is 0 Å². The Hall–Kier alpha value is -2.00. The van der Waals surface area contributed by atoms with Crippen LogP contribution in [0.1, 0.15) is 23.6 Å². The van der Waals surface area contributed by atoms with Crippen molar-refractivity contribution in [1.29, 1.82) is 0 Å². The van der Waals surface area contributed by atoms with Crippen LogP contribution in [0.2, 0.25) is 0 Å². The van der Waals surface area contributed by atoms with Crippen LogP contribution in [0.3, 0.4) is 0 Å². The highest BCUT2D eigenvalue weighted by atomic mass is 19.1. The van der Waals surface area contributed by atoms with Gasteiger partial charge in [0, 0.05) is 25.2 Å². The van der Waals surface area contributed by atoms with E-state index in [0.29, 0.717) is 6.04 Å². The maximum absolute atomic E-state index is 13.2. The second-order valence-corrected chi connectivity index (χ2v) is 5.89. The smallest absolute Gasteiger partial charge is 0.123 e. The number of rotatable bonds is 1. The summed E-state index contributed by atoms with van der Waals surface area (Å²) in [4.78, 5) is 4.52. The summed E-state index contributed by atoms with van der Waals surface area (Å²) in [5.41, 5.74) is 7.50. The molecule has 2 aliphatic heterocycles. The van der Waals surface area contributed by atoms with Gasteiger partial charge in [-0.25, -0.2) is 4.39 Å². The molecule has 0 saturated carbocycles. The van der Waals surface area contributed by atoms with Gasteiger partial charge in [0.05, 0.1) is 5.69 Å². The molecule has 0 fully saturated rings. The first-order chi connectivity index (χ1) is 10.2. The minimum absolute atomic E-state index is 0.196. The average molecular weight is 280 g/mol. The third-order valence-electron chi connectivity index (χ3n) is 4.46. The van der Waals surface area contributed by atoms with Crippen LogP contribution in [0.4, 0.5) is 10.1 Å². The molecule has 0 aliphatic carbocycles. The number of halogens is 1. The van der Waals surface area contributed by atoms with Crippen LogP contribution in [-0.4, -0.2) is 12.3 Å². The number of hydrogen-bond donors (Lipinski definition) is 1. The molecule has 3 heteroatoms. The molecule has 0 saturated heterocycles. The number of nitrogens with one attached hydrogen (secondary N) is 1. The lowest BCUT2D eigenvalue weighted by Gasteiger charge is -2.28. The van der Waals surface area contributed by atoms with Gasteiger partial charge in [0.1, 0.15) is 5.82 Å². The average Bonchev–Trinajstić information content (AvgIpc) is 2.96. The molecule has 2 aromatic rings. The summed E-state index contributed by atoms with van der Waals surface area (Å²) in [5.74, 6) is -0.196. The van der Waals surface area contributed by atoms with E-state index < -0.39 is 0 Å². The summed E-state index contributed by atoms with van der Waals surface area (Å²) in [7, 11) is 0. The lowest BCUT2D eigenvalue weighted by molar-refractivity contribution is 0.513. The zero-order chi connectivity index (χ0) is 14.4. The summed E-state index contributed by atoms with van der Waals surface area (Å²) < 4.78 is 13.2. The molecule has 0 radical (unpaired) electrons. The molecule has 2 nitrogen and oxygen atoms in total. The van der Waals surface area contributed by atoms with Crippen LogP contribution in [0.5, 0.6) is 0 Å². The normalized spacial score (nSPS) is 19.4. The van der Waals surface area contributed by atoms with Gasteiger partial charge in [-0.05, 0) is 59.4 Å². The summed E-state index contributed by atoms with van der Waals surface area (Å²) in [6.45, 7) is 3.09. The Bertz CT molecular complexity index is 732. The third kappa shape index (κ3) is 2.09. The molecule has 106 valence electrons. The van der Waals surface area contributed by atoms with Crippen molar-refractivity contribution in [2.45, 2.75) is 32.4 Å². The minimum Gasteiger partial charge on any atom is -0.310 e. The van der Waals surface area contributed by atoms with Crippen LogP contribution in [-0.2, 0) is 19.4 Å². The SMILES string of the molecule is CC1Cc2c3c(cc(-c4ccc(F)cc4)c2CN1)N=CC3. The van der Waals surface area contributed by atoms with E-state index >= 15 is 0 Å². The maximum atomic E-state index is 13.2. The fourth-order valence-corrected chi connectivity index (χ4v) is 3.38. The molecule has 2 aromatic carbocycles. The molecule has 2 heterocycles. The first-order valence-electron chi connectivity index (χ1n) is 7.42. The molecule has 21 heavy (non-hydrogen) atoms. The van der Waals surface area contributed by atoms with E-state index in [1.807, 2.05) is 18.3 Å². The van der Waals surface area contributed by atoms with Gasteiger partial charge in [-0.1, -0.05) is 12.1 Å². The van der Waals surface area contributed by atoms with Crippen molar-refractivity contribution < 1.29 is 4.39 Å². The number of aliphatic imine (C=N–C) groups is 1. The first-order valence-corrected chi connectivity index (χ1v) is 7.42. The molecule has 2 aliphatic rings. The van der Waals surface area contributed by atoms with Gasteiger partial charge in [-0.3, -0.25) is 4.99 Å². The monoisotopic (exact) mass is 280 g/mol. The Labute approximate surface area is 123 Å². The second-order valence-electron chi connectivity index (χ2n) is 5.89. The predicted molar refractivity (Wildman–Crippen MR) is 83.7 cm³/mol. The summed E-state index contributed by atoms with van der Waals surface area (Å²) in [6.07, 6.45) is 3.97. The first kappa shape index (κ1) is 12.7. The van der Waals surface area contributed by atoms with E-state index in [-0.39, 0.29) is 5.82 Å². The van der Waals surface area contributed by atoms with E-state index in [0.717, 1.165) is 30.6 Å². The van der Waals surface area contributed by atoms with Crippen LogP contribution in [0.15, 0.2) is 35.3 Å². The predicted octanol–water partition coefficient (Wildman–Crippen LogP) is 3.79. The van der Waals surface area contributed by atoms with E-state index in [1.165, 1.54) is 34.4 Å². The molecule has 4 rings (SSSR count). The van der Waals surface area contributed by atoms with E-state index in [4.69, 9.17) is 0 Å². The molecule has 1 atom stereocenters. The van der Waals surface area contributed by atoms with Crippen LogP contribution in [0.25, 0.3) is 11.1 Å². The quantitative estimate of drug-likeness (QED) is 0.844. The molecule has 0 amide bonds. The Morgan fingerprint density at radius 3 is 2.76 bits per heavy atom. The van der Waals surface area contributed by atoms with Crippen molar-refractivity contribution in [3.05, 3.63) is 52.8 Å². The van der Waals surface area contributed by atoms with Gasteiger partial charge in [0.2, 0.25) is 0 Å². The van der Waals surface area contributed by atoms with Crippen molar-refractivity contribution in [2.75, 3.05) is 0 Å². The summed E-state index contributed by atoms with van der Waals surface area (Å²) in [6, 6.07) is 9.41. The zero-order valence-corrected chi connectivity index (χ0v) is 12.0. The molecular formula is C18H17FN2.